The molecule has 0 aromatic heterocycles. The van der Waals surface area contributed by atoms with Gasteiger partial charge in [0.1, 0.15) is 0 Å². The molecule has 14 heavy (non-hydrogen) atoms. The normalized spacial score (nSPS) is 15.1. The Hall–Kier alpha value is -0.780. The van der Waals surface area contributed by atoms with E-state index in [0.29, 0.717) is 11.1 Å². The van der Waals surface area contributed by atoms with Crippen LogP contribution in [0.15, 0.2) is 24.3 Å². The number of hydrogen-bond donors (Lipinski definition) is 1. The Kier molecular flexibility index (Phi) is 4.19. The average molecular weight is 217 g/mol. The number of aliphatic hydroxyl groups is 1. The van der Waals surface area contributed by atoms with E-state index >= 15 is 0 Å². The summed E-state index contributed by atoms with van der Waals surface area (Å²) in [6.45, 7) is 0. The molecule has 3 nitrogen and oxygen atoms in total. The van der Waals surface area contributed by atoms with Crippen molar-refractivity contribution >= 4 is 11.1 Å². The van der Waals surface area contributed by atoms with Gasteiger partial charge in [-0.25, -0.2) is 4.39 Å². The van der Waals surface area contributed by atoms with Crippen molar-refractivity contribution in [2.45, 2.75) is 18.5 Å². The van der Waals surface area contributed by atoms with Crippen molar-refractivity contribution in [3.05, 3.63) is 35.4 Å². The first kappa shape index (κ1) is 11.3. The molecule has 1 aromatic rings. The smallest absolute Gasteiger partial charge is 0.200 e. The number of alkyl halides is 1. The summed E-state index contributed by atoms with van der Waals surface area (Å²) in [5, 5.41) is 8.46. The molecule has 1 N–H and O–H groups in total. The highest BCUT2D eigenvalue weighted by Gasteiger charge is 2.01. The Morgan fingerprint density at radius 3 is 2.29 bits per heavy atom. The third kappa shape index (κ3) is 3.95. The van der Waals surface area contributed by atoms with Gasteiger partial charge in [-0.15, -0.1) is 0 Å². The number of hydrogen-bond acceptors (Lipinski definition) is 3. The van der Waals surface area contributed by atoms with Crippen LogP contribution in [0.1, 0.15) is 11.1 Å². The second-order valence-corrected chi connectivity index (χ2v) is 3.80. The molecule has 0 spiro atoms. The average Bonchev–Trinajstić information content (AvgIpc) is 2.06. The maximum Gasteiger partial charge on any atom is 0.200 e. The minimum atomic E-state index is -2.11. The first-order chi connectivity index (χ1) is 6.58. The van der Waals surface area contributed by atoms with Crippen LogP contribution in [0.25, 0.3) is 0 Å². The van der Waals surface area contributed by atoms with Gasteiger partial charge in [0.05, 0.1) is 0 Å². The van der Waals surface area contributed by atoms with Crippen molar-refractivity contribution in [3.63, 3.8) is 0 Å². The lowest BCUT2D eigenvalue weighted by Crippen LogP contribution is -2.02. The first-order valence-electron chi connectivity index (χ1n) is 4.04. The van der Waals surface area contributed by atoms with Crippen LogP contribution >= 0.6 is 0 Å². The van der Waals surface area contributed by atoms with E-state index in [1.807, 2.05) is 0 Å². The van der Waals surface area contributed by atoms with E-state index in [4.69, 9.17) is 5.11 Å². The van der Waals surface area contributed by atoms with Gasteiger partial charge in [0, 0.05) is 12.2 Å². The van der Waals surface area contributed by atoms with E-state index in [1.165, 1.54) is 0 Å². The van der Waals surface area contributed by atoms with Crippen molar-refractivity contribution < 1.29 is 18.3 Å². The van der Waals surface area contributed by atoms with Crippen molar-refractivity contribution in [1.29, 1.82) is 0 Å². The van der Waals surface area contributed by atoms with Gasteiger partial charge >= 0.3 is 0 Å². The minimum Gasteiger partial charge on any atom is -0.772 e. The summed E-state index contributed by atoms with van der Waals surface area (Å²) in [5.41, 5.74) is 1.29. The fourth-order valence-electron chi connectivity index (χ4n) is 1.10. The minimum absolute atomic E-state index is 0.0432. The predicted molar refractivity (Wildman–Crippen MR) is 49.9 cm³/mol. The molecule has 0 radical (unpaired) electrons. The molecule has 0 aliphatic carbocycles. The topological polar surface area (TPSA) is 60.4 Å². The van der Waals surface area contributed by atoms with Crippen LogP contribution in [-0.2, 0) is 23.3 Å². The predicted octanol–water partition coefficient (Wildman–Crippen LogP) is 0.896. The molecule has 0 bridgehead atoms. The van der Waals surface area contributed by atoms with E-state index in [9.17, 15) is 13.2 Å². The van der Waals surface area contributed by atoms with Crippen molar-refractivity contribution in [3.8, 4) is 0 Å². The molecule has 1 aromatic carbocycles. The van der Waals surface area contributed by atoms with Crippen LogP contribution < -0.4 is 0 Å². The Labute approximate surface area is 83.9 Å². The monoisotopic (exact) mass is 217 g/mol. The second-order valence-electron chi connectivity index (χ2n) is 2.90. The van der Waals surface area contributed by atoms with Crippen LogP contribution in [0.4, 0.5) is 4.39 Å². The van der Waals surface area contributed by atoms with Gasteiger partial charge in [-0.1, -0.05) is 35.3 Å². The van der Waals surface area contributed by atoms with E-state index in [1.54, 1.807) is 24.3 Å². The zero-order chi connectivity index (χ0) is 10.6. The molecule has 78 valence electrons. The number of halogens is 1. The van der Waals surface area contributed by atoms with Crippen LogP contribution in [0, 0.1) is 0 Å². The Morgan fingerprint density at radius 2 is 1.86 bits per heavy atom. The Bertz CT molecular complexity index is 310. The molecular weight excluding hydrogens is 207 g/mol. The van der Waals surface area contributed by atoms with Gasteiger partial charge in [-0.05, 0) is 11.1 Å². The summed E-state index contributed by atoms with van der Waals surface area (Å²) in [6, 6.07) is 6.41. The van der Waals surface area contributed by atoms with Gasteiger partial charge in [0.25, 0.3) is 0 Å². The third-order valence-corrected chi connectivity index (χ3v) is 2.28. The molecule has 0 fully saturated rings. The molecule has 2 unspecified atom stereocenters. The fourth-order valence-corrected chi connectivity index (χ4v) is 1.57. The summed E-state index contributed by atoms with van der Waals surface area (Å²) in [5.74, 6) is -0.0432. The van der Waals surface area contributed by atoms with Gasteiger partial charge < -0.3 is 9.66 Å². The van der Waals surface area contributed by atoms with Gasteiger partial charge in [-0.3, -0.25) is 4.21 Å². The molecule has 0 aliphatic heterocycles. The molecule has 0 saturated heterocycles. The molecule has 1 rings (SSSR count). The SMILES string of the molecule is O=S([O-])Cc1ccc(CC(O)F)cc1. The Balaban J connectivity index is 2.63. The van der Waals surface area contributed by atoms with Crippen molar-refractivity contribution in [2.24, 2.45) is 0 Å². The van der Waals surface area contributed by atoms with E-state index < -0.39 is 17.4 Å². The number of rotatable bonds is 4. The summed E-state index contributed by atoms with van der Waals surface area (Å²) in [6.07, 6.45) is -1.93. The molecule has 0 amide bonds. The highest BCUT2D eigenvalue weighted by molar-refractivity contribution is 7.78. The number of aliphatic hydroxyl groups excluding tert-OH is 1. The lowest BCUT2D eigenvalue weighted by Gasteiger charge is -2.06. The van der Waals surface area contributed by atoms with Crippen molar-refractivity contribution in [2.75, 3.05) is 0 Å². The summed E-state index contributed by atoms with van der Waals surface area (Å²) >= 11 is -2.11. The van der Waals surface area contributed by atoms with Crippen LogP contribution in [-0.4, -0.2) is 20.2 Å². The standard InChI is InChI=1S/C9H11FO3S/c10-9(11)5-7-1-3-8(4-2-7)6-14(12)13/h1-4,9,11H,5-6H2,(H,12,13)/p-1. The van der Waals surface area contributed by atoms with E-state index in [0.717, 1.165) is 0 Å². The third-order valence-electron chi connectivity index (χ3n) is 1.71. The van der Waals surface area contributed by atoms with Crippen LogP contribution in [0.2, 0.25) is 0 Å². The summed E-state index contributed by atoms with van der Waals surface area (Å²) < 4.78 is 32.8. The number of benzene rings is 1. The Morgan fingerprint density at radius 1 is 1.36 bits per heavy atom. The largest absolute Gasteiger partial charge is 0.772 e. The van der Waals surface area contributed by atoms with Gasteiger partial charge in [0.15, 0.2) is 6.36 Å². The van der Waals surface area contributed by atoms with Gasteiger partial charge in [0.2, 0.25) is 0 Å². The second kappa shape index (κ2) is 5.19. The molecule has 0 saturated carbocycles. The van der Waals surface area contributed by atoms with Crippen molar-refractivity contribution in [1.82, 2.24) is 0 Å². The summed E-state index contributed by atoms with van der Waals surface area (Å²) in [7, 11) is 0. The van der Waals surface area contributed by atoms with E-state index in [-0.39, 0.29) is 12.2 Å². The molecule has 5 heteroatoms. The zero-order valence-electron chi connectivity index (χ0n) is 7.35. The zero-order valence-corrected chi connectivity index (χ0v) is 8.17. The molecular formula is C9H10FO3S-. The van der Waals surface area contributed by atoms with Crippen LogP contribution in [0.5, 0.6) is 0 Å². The first-order valence-corrected chi connectivity index (χ1v) is 5.28. The molecule has 2 atom stereocenters. The highest BCUT2D eigenvalue weighted by atomic mass is 32.2. The lowest BCUT2D eigenvalue weighted by molar-refractivity contribution is 0.0430. The van der Waals surface area contributed by atoms with Gasteiger partial charge in [-0.2, -0.15) is 0 Å². The molecule has 0 aliphatic rings. The highest BCUT2D eigenvalue weighted by Crippen LogP contribution is 2.08. The van der Waals surface area contributed by atoms with Crippen LogP contribution in [0.3, 0.4) is 0 Å². The summed E-state index contributed by atoms with van der Waals surface area (Å²) in [4.78, 5) is 0. The maximum atomic E-state index is 12.2. The lowest BCUT2D eigenvalue weighted by atomic mass is 10.1. The van der Waals surface area contributed by atoms with E-state index in [2.05, 4.69) is 0 Å². The fraction of sp³-hybridized carbons (Fsp3) is 0.333. The quantitative estimate of drug-likeness (QED) is 0.762. The molecule has 0 heterocycles. The maximum absolute atomic E-state index is 12.2.